The number of aliphatic hydroxyl groups excluding tert-OH is 1. The number of nitrogens with one attached hydrogen (secondary N) is 2. The number of carboxylic acid groups (broad SMARTS) is 1. The first-order chi connectivity index (χ1) is 12.8. The Kier molecular flexibility index (Phi) is 7.40. The molecule has 0 aliphatic rings. The van der Waals surface area contributed by atoms with E-state index in [4.69, 9.17) is 32.7 Å². The third-order valence-corrected chi connectivity index (χ3v) is 3.95. The lowest BCUT2D eigenvalue weighted by molar-refractivity contribution is -0.121. The Bertz CT molecular complexity index is 785. The summed E-state index contributed by atoms with van der Waals surface area (Å²) in [6.07, 6.45) is -1.09. The minimum Gasteiger partial charge on any atom is -0.465 e. The number of carbonyl (C=O) groups excluding carboxylic acids is 1. The van der Waals surface area contributed by atoms with Crippen LogP contribution < -0.4 is 10.6 Å². The first-order valence-electron chi connectivity index (χ1n) is 7.66. The van der Waals surface area contributed by atoms with Gasteiger partial charge in [0.05, 0.1) is 18.8 Å². The van der Waals surface area contributed by atoms with Crippen molar-refractivity contribution in [2.24, 2.45) is 0 Å². The highest BCUT2D eigenvalue weighted by Gasteiger charge is 2.25. The van der Waals surface area contributed by atoms with Gasteiger partial charge in [-0.3, -0.25) is 4.79 Å². The third-order valence-electron chi connectivity index (χ3n) is 3.55. The lowest BCUT2D eigenvalue weighted by Crippen LogP contribution is -2.43. The normalized spacial score (nSPS) is 13.2. The van der Waals surface area contributed by atoms with E-state index in [2.05, 4.69) is 15.6 Å². The molecule has 0 aliphatic heterocycles. The topological polar surface area (TPSA) is 125 Å². The van der Waals surface area contributed by atoms with Crippen LogP contribution in [0.4, 0.5) is 9.18 Å². The molecule has 1 aromatic heterocycles. The number of oxazole rings is 1. The van der Waals surface area contributed by atoms with E-state index < -0.39 is 35.7 Å². The number of nitrogens with zero attached hydrogens (tertiary/aromatic N) is 1. The van der Waals surface area contributed by atoms with Gasteiger partial charge in [-0.05, 0) is 5.56 Å². The molecule has 1 aromatic carbocycles. The number of amides is 2. The molecule has 0 aliphatic carbocycles. The number of alkyl halides is 3. The molecule has 0 saturated carbocycles. The first kappa shape index (κ1) is 20.9. The Morgan fingerprint density at radius 1 is 1.26 bits per heavy atom. The zero-order valence-electron chi connectivity index (χ0n) is 13.7. The number of benzene rings is 1. The van der Waals surface area contributed by atoms with Gasteiger partial charge >= 0.3 is 6.09 Å². The van der Waals surface area contributed by atoms with Gasteiger partial charge in [0.25, 0.3) is 5.91 Å². The molecular formula is C16H16Cl2FN3O5. The first-order valence-corrected chi connectivity index (χ1v) is 8.53. The second kappa shape index (κ2) is 9.54. The number of aliphatic hydroxyl groups is 1. The number of hydrogen-bond acceptors (Lipinski definition) is 5. The van der Waals surface area contributed by atoms with E-state index in [1.54, 1.807) is 12.1 Å². The van der Waals surface area contributed by atoms with E-state index >= 15 is 0 Å². The van der Waals surface area contributed by atoms with Crippen LogP contribution in [0, 0.1) is 0 Å². The fraction of sp³-hybridized carbons (Fsp3) is 0.312. The molecule has 2 aromatic rings. The average Bonchev–Trinajstić information content (AvgIpc) is 3.12. The van der Waals surface area contributed by atoms with E-state index in [9.17, 15) is 19.1 Å². The lowest BCUT2D eigenvalue weighted by Gasteiger charge is -2.22. The van der Waals surface area contributed by atoms with Gasteiger partial charge in [0, 0.05) is 5.56 Å². The molecule has 2 amide bonds. The van der Waals surface area contributed by atoms with E-state index in [1.807, 2.05) is 0 Å². The molecule has 146 valence electrons. The number of halogens is 3. The van der Waals surface area contributed by atoms with Gasteiger partial charge in [0.15, 0.2) is 10.6 Å². The Morgan fingerprint density at radius 3 is 2.48 bits per heavy atom. The second-order valence-electron chi connectivity index (χ2n) is 5.41. The van der Waals surface area contributed by atoms with E-state index in [0.717, 1.165) is 0 Å². The largest absolute Gasteiger partial charge is 0.465 e. The predicted octanol–water partition coefficient (Wildman–Crippen LogP) is 2.40. The van der Waals surface area contributed by atoms with Crippen LogP contribution in [0.15, 0.2) is 34.9 Å². The summed E-state index contributed by atoms with van der Waals surface area (Å²) in [5, 5.41) is 23.2. The van der Waals surface area contributed by atoms with Crippen LogP contribution in [0.25, 0.3) is 11.3 Å². The molecule has 27 heavy (non-hydrogen) atoms. The third kappa shape index (κ3) is 5.81. The van der Waals surface area contributed by atoms with Gasteiger partial charge in [-0.1, -0.05) is 47.5 Å². The maximum Gasteiger partial charge on any atom is 0.405 e. The van der Waals surface area contributed by atoms with Crippen LogP contribution >= 0.6 is 23.2 Å². The summed E-state index contributed by atoms with van der Waals surface area (Å²) in [7, 11) is 0. The van der Waals surface area contributed by atoms with Gasteiger partial charge in [-0.25, -0.2) is 14.2 Å². The fourth-order valence-electron chi connectivity index (χ4n) is 2.20. The molecule has 0 bridgehead atoms. The number of carbonyl (C=O) groups is 2. The molecule has 0 unspecified atom stereocenters. The van der Waals surface area contributed by atoms with E-state index in [0.29, 0.717) is 16.9 Å². The number of rotatable bonds is 8. The van der Waals surface area contributed by atoms with Gasteiger partial charge in [-0.15, -0.1) is 0 Å². The van der Waals surface area contributed by atoms with E-state index in [-0.39, 0.29) is 12.4 Å². The minimum absolute atomic E-state index is 0.0772. The molecule has 4 N–H and O–H groups in total. The molecule has 0 radical (unpaired) electrons. The van der Waals surface area contributed by atoms with Crippen molar-refractivity contribution < 1.29 is 28.6 Å². The van der Waals surface area contributed by atoms with Crippen LogP contribution in [-0.2, 0) is 11.3 Å². The average molecular weight is 420 g/mol. The molecule has 0 fully saturated rings. The van der Waals surface area contributed by atoms with Crippen LogP contribution in [0.1, 0.15) is 17.6 Å². The summed E-state index contributed by atoms with van der Waals surface area (Å²) < 4.78 is 18.6. The zero-order chi connectivity index (χ0) is 20.0. The van der Waals surface area contributed by atoms with Gasteiger partial charge in [-0.2, -0.15) is 0 Å². The Hall–Kier alpha value is -2.36. The van der Waals surface area contributed by atoms with Crippen molar-refractivity contribution in [3.05, 3.63) is 41.9 Å². The summed E-state index contributed by atoms with van der Waals surface area (Å²) in [4.78, 5) is 24.5. The van der Waals surface area contributed by atoms with Gasteiger partial charge in [0.2, 0.25) is 5.89 Å². The standard InChI is InChI=1S/C16H16Cl2FN3O5/c17-14(18)15(24)22-10(5-19)13(23)9-3-1-8(2-4-9)11-6-20-12(27-11)7-21-16(25)26/h1-4,6,10,13-14,21,23H,5,7H2,(H,22,24)(H,25,26)/t10-,13-/m1/s1. The predicted molar refractivity (Wildman–Crippen MR) is 95.2 cm³/mol. The monoisotopic (exact) mass is 419 g/mol. The van der Waals surface area contributed by atoms with Crippen molar-refractivity contribution in [1.82, 2.24) is 15.6 Å². The Labute approximate surface area is 163 Å². The highest BCUT2D eigenvalue weighted by atomic mass is 35.5. The van der Waals surface area contributed by atoms with Crippen LogP contribution in [0.3, 0.4) is 0 Å². The summed E-state index contributed by atoms with van der Waals surface area (Å²) in [6.45, 7) is -1.09. The molecule has 2 atom stereocenters. The highest BCUT2D eigenvalue weighted by Crippen LogP contribution is 2.24. The molecule has 8 nitrogen and oxygen atoms in total. The summed E-state index contributed by atoms with van der Waals surface area (Å²) in [6, 6.07) is 5.08. The van der Waals surface area contributed by atoms with Crippen molar-refractivity contribution in [3.8, 4) is 11.3 Å². The minimum atomic E-state index is -1.37. The van der Waals surface area contributed by atoms with Crippen molar-refractivity contribution >= 4 is 35.2 Å². The number of hydrogen-bond donors (Lipinski definition) is 4. The van der Waals surface area contributed by atoms with Crippen molar-refractivity contribution in [3.63, 3.8) is 0 Å². The molecule has 2 rings (SSSR count). The molecule has 11 heteroatoms. The summed E-state index contributed by atoms with van der Waals surface area (Å²) >= 11 is 10.8. The molecular weight excluding hydrogens is 404 g/mol. The van der Waals surface area contributed by atoms with Crippen molar-refractivity contribution in [2.75, 3.05) is 6.67 Å². The Balaban J connectivity index is 2.07. The zero-order valence-corrected chi connectivity index (χ0v) is 15.2. The maximum atomic E-state index is 13.2. The summed E-state index contributed by atoms with van der Waals surface area (Å²) in [5.74, 6) is -0.227. The van der Waals surface area contributed by atoms with E-state index in [1.165, 1.54) is 18.3 Å². The SMILES string of the molecule is O=C(O)NCc1ncc(-c2ccc([C@@H](O)[C@@H](CF)NC(=O)C(Cl)Cl)cc2)o1. The van der Waals surface area contributed by atoms with Crippen LogP contribution in [0.5, 0.6) is 0 Å². The smallest absolute Gasteiger partial charge is 0.405 e. The fourth-order valence-corrected chi connectivity index (χ4v) is 2.33. The highest BCUT2D eigenvalue weighted by molar-refractivity contribution is 6.53. The summed E-state index contributed by atoms with van der Waals surface area (Å²) in [5.41, 5.74) is 0.970. The Morgan fingerprint density at radius 2 is 1.93 bits per heavy atom. The number of aromatic nitrogens is 1. The van der Waals surface area contributed by atoms with Crippen LogP contribution in [-0.4, -0.2) is 44.8 Å². The second-order valence-corrected chi connectivity index (χ2v) is 6.51. The van der Waals surface area contributed by atoms with Crippen molar-refractivity contribution in [1.29, 1.82) is 0 Å². The molecule has 1 heterocycles. The van der Waals surface area contributed by atoms with Gasteiger partial charge < -0.3 is 25.3 Å². The van der Waals surface area contributed by atoms with Gasteiger partial charge in [0.1, 0.15) is 12.8 Å². The molecule has 0 saturated heterocycles. The van der Waals surface area contributed by atoms with Crippen LogP contribution in [0.2, 0.25) is 0 Å². The lowest BCUT2D eigenvalue weighted by atomic mass is 10.0. The van der Waals surface area contributed by atoms with Crippen molar-refractivity contribution in [2.45, 2.75) is 23.5 Å². The maximum absolute atomic E-state index is 13.2. The quantitative estimate of drug-likeness (QED) is 0.486. The molecule has 0 spiro atoms.